The van der Waals surface area contributed by atoms with Gasteiger partial charge in [0.2, 0.25) is 5.12 Å². The van der Waals surface area contributed by atoms with Gasteiger partial charge in [-0.15, -0.1) is 0 Å². The highest BCUT2D eigenvalue weighted by Gasteiger charge is 2.47. The number of carbonyl (C=O) groups excluding carboxylic acids is 1. The SMILES string of the molecule is CCCN1C(C(F)(F)F)=C(C(=O)S)SC1Cl. The summed E-state index contributed by atoms with van der Waals surface area (Å²) in [6.07, 6.45) is -4.07. The van der Waals surface area contributed by atoms with Crippen molar-refractivity contribution < 1.29 is 18.0 Å². The predicted molar refractivity (Wildman–Crippen MR) is 61.3 cm³/mol. The number of halogens is 4. The molecule has 0 fully saturated rings. The van der Waals surface area contributed by atoms with Crippen molar-refractivity contribution in [3.05, 3.63) is 10.6 Å². The molecule has 0 aromatic rings. The fraction of sp³-hybridized carbons (Fsp3) is 0.625. The largest absolute Gasteiger partial charge is 0.432 e. The van der Waals surface area contributed by atoms with Crippen LogP contribution in [0.25, 0.3) is 0 Å². The first-order chi connectivity index (χ1) is 7.29. The zero-order valence-corrected chi connectivity index (χ0v) is 10.7. The van der Waals surface area contributed by atoms with Crippen LogP contribution in [-0.4, -0.2) is 27.6 Å². The number of hydrogen-bond donors (Lipinski definition) is 1. The van der Waals surface area contributed by atoms with Crippen LogP contribution in [-0.2, 0) is 4.79 Å². The molecule has 0 N–H and O–H groups in total. The average molecular weight is 292 g/mol. The first-order valence-electron chi connectivity index (χ1n) is 4.41. The second-order valence-corrected chi connectivity index (χ2v) is 5.25. The van der Waals surface area contributed by atoms with E-state index in [1.54, 1.807) is 6.92 Å². The Labute approximate surface area is 106 Å². The first kappa shape index (κ1) is 14.1. The lowest BCUT2D eigenvalue weighted by atomic mass is 10.3. The van der Waals surface area contributed by atoms with E-state index in [4.69, 9.17) is 11.6 Å². The molecule has 0 aromatic carbocycles. The molecular weight excluding hydrogens is 283 g/mol. The maximum atomic E-state index is 12.8. The molecule has 0 amide bonds. The van der Waals surface area contributed by atoms with E-state index in [9.17, 15) is 18.0 Å². The summed E-state index contributed by atoms with van der Waals surface area (Å²) in [5.41, 5.74) is -0.973. The van der Waals surface area contributed by atoms with Crippen molar-refractivity contribution in [3.8, 4) is 0 Å². The smallest absolute Gasteiger partial charge is 0.342 e. The molecule has 1 atom stereocenters. The van der Waals surface area contributed by atoms with Gasteiger partial charge in [-0.05, 0) is 6.42 Å². The Balaban J connectivity index is 3.15. The van der Waals surface area contributed by atoms with Crippen molar-refractivity contribution in [1.82, 2.24) is 4.90 Å². The van der Waals surface area contributed by atoms with Crippen LogP contribution in [0.15, 0.2) is 10.6 Å². The molecule has 1 aliphatic heterocycles. The normalized spacial score (nSPS) is 21.9. The van der Waals surface area contributed by atoms with Gasteiger partial charge in [0.15, 0.2) is 4.83 Å². The molecule has 0 bridgehead atoms. The van der Waals surface area contributed by atoms with Crippen molar-refractivity contribution in [1.29, 1.82) is 0 Å². The zero-order chi connectivity index (χ0) is 12.5. The molecule has 0 spiro atoms. The molecule has 0 aromatic heterocycles. The Kier molecular flexibility index (Phi) is 4.48. The minimum absolute atomic E-state index is 0.153. The highest BCUT2D eigenvalue weighted by Crippen LogP contribution is 2.47. The maximum absolute atomic E-state index is 12.8. The third-order valence-corrected chi connectivity index (χ3v) is 3.83. The molecule has 1 aliphatic rings. The van der Waals surface area contributed by atoms with E-state index in [2.05, 4.69) is 12.6 Å². The van der Waals surface area contributed by atoms with Gasteiger partial charge < -0.3 is 4.90 Å². The topological polar surface area (TPSA) is 20.3 Å². The van der Waals surface area contributed by atoms with Crippen LogP contribution in [0, 0.1) is 0 Å². The van der Waals surface area contributed by atoms with Gasteiger partial charge in [-0.3, -0.25) is 4.79 Å². The highest BCUT2D eigenvalue weighted by atomic mass is 35.5. The first-order valence-corrected chi connectivity index (χ1v) is 6.17. The van der Waals surface area contributed by atoms with Gasteiger partial charge in [-0.1, -0.05) is 42.9 Å². The van der Waals surface area contributed by atoms with Crippen LogP contribution in [0.4, 0.5) is 13.2 Å². The summed E-state index contributed by atoms with van der Waals surface area (Å²) in [6, 6.07) is 0. The molecule has 16 heavy (non-hydrogen) atoms. The standard InChI is InChI=1S/C8H9ClF3NOS2/c1-2-3-13-5(8(10,11)12)4(6(14)15)16-7(13)9/h7H,2-3H2,1H3,(H,14,15). The second kappa shape index (κ2) is 5.10. The van der Waals surface area contributed by atoms with E-state index in [0.717, 1.165) is 4.90 Å². The van der Waals surface area contributed by atoms with Crippen LogP contribution in [0.2, 0.25) is 0 Å². The summed E-state index contributed by atoms with van der Waals surface area (Å²) < 4.78 is 38.3. The molecule has 0 saturated heterocycles. The van der Waals surface area contributed by atoms with Crippen LogP contribution < -0.4 is 0 Å². The van der Waals surface area contributed by atoms with Crippen molar-refractivity contribution in [2.75, 3.05) is 6.54 Å². The quantitative estimate of drug-likeness (QED) is 0.490. The summed E-state index contributed by atoms with van der Waals surface area (Å²) in [7, 11) is 0. The lowest BCUT2D eigenvalue weighted by Gasteiger charge is -2.25. The molecule has 8 heteroatoms. The van der Waals surface area contributed by atoms with E-state index in [1.807, 2.05) is 0 Å². The molecule has 2 nitrogen and oxygen atoms in total. The fourth-order valence-corrected chi connectivity index (χ4v) is 3.05. The summed E-state index contributed by atoms with van der Waals surface area (Å²) in [4.78, 5) is 10.7. The number of alkyl halides is 4. The Morgan fingerprint density at radius 2 is 2.19 bits per heavy atom. The number of rotatable bonds is 3. The number of carbonyl (C=O) groups is 1. The molecular formula is C8H9ClF3NOS2. The molecule has 0 aliphatic carbocycles. The van der Waals surface area contributed by atoms with Gasteiger partial charge in [0.05, 0.1) is 4.91 Å². The highest BCUT2D eigenvalue weighted by molar-refractivity contribution is 8.09. The van der Waals surface area contributed by atoms with Crippen LogP contribution >= 0.6 is 36.0 Å². The van der Waals surface area contributed by atoms with Gasteiger partial charge in [0.1, 0.15) is 5.70 Å². The van der Waals surface area contributed by atoms with E-state index in [1.165, 1.54) is 0 Å². The summed E-state index contributed by atoms with van der Waals surface area (Å²) >= 11 is 9.87. The minimum Gasteiger partial charge on any atom is -0.342 e. The van der Waals surface area contributed by atoms with Gasteiger partial charge in [0, 0.05) is 6.54 Å². The van der Waals surface area contributed by atoms with Gasteiger partial charge >= 0.3 is 6.18 Å². The predicted octanol–water partition coefficient (Wildman–Crippen LogP) is 3.20. The number of thioether (sulfide) groups is 1. The lowest BCUT2D eigenvalue weighted by Crippen LogP contribution is -2.33. The minimum atomic E-state index is -4.58. The second-order valence-electron chi connectivity index (χ2n) is 3.08. The Bertz CT molecular complexity index is 332. The van der Waals surface area contributed by atoms with Crippen molar-refractivity contribution in [3.63, 3.8) is 0 Å². The van der Waals surface area contributed by atoms with Crippen molar-refractivity contribution in [2.45, 2.75) is 24.4 Å². The fourth-order valence-electron chi connectivity index (χ4n) is 1.35. The zero-order valence-electron chi connectivity index (χ0n) is 8.21. The van der Waals surface area contributed by atoms with Gasteiger partial charge in [0.25, 0.3) is 0 Å². The Morgan fingerprint density at radius 1 is 1.62 bits per heavy atom. The van der Waals surface area contributed by atoms with Gasteiger partial charge in [-0.25, -0.2) is 0 Å². The Morgan fingerprint density at radius 3 is 2.56 bits per heavy atom. The Hall–Kier alpha value is -0.0100. The monoisotopic (exact) mass is 291 g/mol. The summed E-state index contributed by atoms with van der Waals surface area (Å²) in [5.74, 6) is 0. The van der Waals surface area contributed by atoms with Crippen LogP contribution in [0.3, 0.4) is 0 Å². The average Bonchev–Trinajstić information content (AvgIpc) is 2.44. The number of thiol groups is 1. The van der Waals surface area contributed by atoms with Crippen LogP contribution in [0.5, 0.6) is 0 Å². The third kappa shape index (κ3) is 2.81. The summed E-state index contributed by atoms with van der Waals surface area (Å²) in [5, 5.41) is -0.901. The van der Waals surface area contributed by atoms with Crippen molar-refractivity contribution >= 4 is 41.1 Å². The van der Waals surface area contributed by atoms with E-state index >= 15 is 0 Å². The number of allylic oxidation sites excluding steroid dienone is 1. The molecule has 0 radical (unpaired) electrons. The van der Waals surface area contributed by atoms with E-state index < -0.39 is 26.7 Å². The third-order valence-electron chi connectivity index (χ3n) is 1.89. The van der Waals surface area contributed by atoms with Crippen LogP contribution in [0.1, 0.15) is 13.3 Å². The molecule has 1 unspecified atom stereocenters. The molecule has 1 rings (SSSR count). The van der Waals surface area contributed by atoms with Crippen molar-refractivity contribution in [2.24, 2.45) is 0 Å². The van der Waals surface area contributed by atoms with E-state index in [0.29, 0.717) is 18.2 Å². The number of hydrogen-bond acceptors (Lipinski definition) is 3. The number of nitrogens with zero attached hydrogens (tertiary/aromatic N) is 1. The van der Waals surface area contributed by atoms with Gasteiger partial charge in [-0.2, -0.15) is 13.2 Å². The molecule has 1 heterocycles. The summed E-state index contributed by atoms with van der Waals surface area (Å²) in [6.45, 7) is 1.89. The molecule has 92 valence electrons. The van der Waals surface area contributed by atoms with E-state index in [-0.39, 0.29) is 6.54 Å². The molecule has 0 saturated carbocycles. The lowest BCUT2D eigenvalue weighted by molar-refractivity contribution is -0.115. The maximum Gasteiger partial charge on any atom is 0.432 e.